The standard InChI is InChI=1S/C56H36N4/c1-3-13-37(14-4-1)38-25-29-41(30-26-38)55-58-54(40-15-5-2-6-16-40)59-56(60-55)42-31-27-39(28-32-42)43-19-11-20-44(33-43)45-21-12-22-48(34-45)53-50-24-10-9-23-49(50)51-35-46-17-7-8-18-47(46)36-52(51)57-53/h1-36H. The number of hydrogen-bond donors (Lipinski definition) is 0. The molecule has 2 heterocycles. The SMILES string of the molecule is c1ccc(-c2ccc(-c3nc(-c4ccccc4)nc(-c4ccc(-c5cccc(-c6cccc(-c7nc8cc9ccccc9cc8c8ccccc78)c6)c5)cc4)n3)cc2)cc1. The largest absolute Gasteiger partial charge is 0.247 e. The van der Waals surface area contributed by atoms with E-state index < -0.39 is 0 Å². The van der Waals surface area contributed by atoms with Crippen LogP contribution in [0.3, 0.4) is 0 Å². The van der Waals surface area contributed by atoms with Crippen molar-refractivity contribution in [1.29, 1.82) is 0 Å². The van der Waals surface area contributed by atoms with Gasteiger partial charge in [-0.25, -0.2) is 19.9 Å². The van der Waals surface area contributed by atoms with Gasteiger partial charge in [-0.1, -0.05) is 194 Å². The summed E-state index contributed by atoms with van der Waals surface area (Å²) >= 11 is 0. The molecule has 60 heavy (non-hydrogen) atoms. The molecule has 11 rings (SSSR count). The summed E-state index contributed by atoms with van der Waals surface area (Å²) in [6.45, 7) is 0. The first-order chi connectivity index (χ1) is 29.7. The highest BCUT2D eigenvalue weighted by Crippen LogP contribution is 2.37. The van der Waals surface area contributed by atoms with Crippen LogP contribution in [0.2, 0.25) is 0 Å². The molecule has 0 aliphatic rings. The minimum absolute atomic E-state index is 0.631. The van der Waals surface area contributed by atoms with Crippen molar-refractivity contribution in [2.45, 2.75) is 0 Å². The molecule has 0 saturated carbocycles. The summed E-state index contributed by atoms with van der Waals surface area (Å²) in [7, 11) is 0. The predicted octanol–water partition coefficient (Wildman–Crippen LogP) is 14.4. The van der Waals surface area contributed by atoms with Gasteiger partial charge in [0.2, 0.25) is 0 Å². The molecule has 0 aliphatic carbocycles. The Labute approximate surface area is 348 Å². The van der Waals surface area contributed by atoms with Crippen LogP contribution < -0.4 is 0 Å². The fraction of sp³-hybridized carbons (Fsp3) is 0. The summed E-state index contributed by atoms with van der Waals surface area (Å²) in [5.41, 5.74) is 12.7. The summed E-state index contributed by atoms with van der Waals surface area (Å²) in [6.07, 6.45) is 0. The quantitative estimate of drug-likeness (QED) is 0.120. The van der Waals surface area contributed by atoms with Crippen molar-refractivity contribution in [3.8, 4) is 78.8 Å². The molecule has 0 spiro atoms. The van der Waals surface area contributed by atoms with Crippen molar-refractivity contribution in [3.05, 3.63) is 218 Å². The third-order valence-electron chi connectivity index (χ3n) is 11.3. The summed E-state index contributed by atoms with van der Waals surface area (Å²) in [5.74, 6) is 1.91. The Morgan fingerprint density at radius 2 is 0.600 bits per heavy atom. The number of aromatic nitrogens is 4. The first-order valence-electron chi connectivity index (χ1n) is 20.2. The molecule has 280 valence electrons. The second-order valence-electron chi connectivity index (χ2n) is 15.1. The van der Waals surface area contributed by atoms with Crippen molar-refractivity contribution in [2.24, 2.45) is 0 Å². The average Bonchev–Trinajstić information content (AvgIpc) is 3.34. The topological polar surface area (TPSA) is 51.6 Å². The van der Waals surface area contributed by atoms with Crippen molar-refractivity contribution in [2.75, 3.05) is 0 Å². The second kappa shape index (κ2) is 15.0. The minimum Gasteiger partial charge on any atom is -0.247 e. The Morgan fingerprint density at radius 1 is 0.217 bits per heavy atom. The zero-order valence-corrected chi connectivity index (χ0v) is 32.6. The molecule has 0 atom stereocenters. The molecule has 0 N–H and O–H groups in total. The number of benzene rings is 9. The zero-order chi connectivity index (χ0) is 39.8. The molecule has 4 heteroatoms. The second-order valence-corrected chi connectivity index (χ2v) is 15.1. The van der Waals surface area contributed by atoms with Gasteiger partial charge in [0.05, 0.1) is 11.2 Å². The van der Waals surface area contributed by atoms with Gasteiger partial charge in [-0.2, -0.15) is 0 Å². The van der Waals surface area contributed by atoms with Gasteiger partial charge in [0.15, 0.2) is 17.5 Å². The highest BCUT2D eigenvalue weighted by molar-refractivity contribution is 6.14. The van der Waals surface area contributed by atoms with Crippen LogP contribution in [0, 0.1) is 0 Å². The zero-order valence-electron chi connectivity index (χ0n) is 32.6. The minimum atomic E-state index is 0.631. The van der Waals surface area contributed by atoms with Crippen LogP contribution in [0.5, 0.6) is 0 Å². The third-order valence-corrected chi connectivity index (χ3v) is 11.3. The van der Waals surface area contributed by atoms with Gasteiger partial charge >= 0.3 is 0 Å². The van der Waals surface area contributed by atoms with E-state index in [-0.39, 0.29) is 0 Å². The molecule has 0 fully saturated rings. The molecule has 4 nitrogen and oxygen atoms in total. The smallest absolute Gasteiger partial charge is 0.164 e. The Hall–Kier alpha value is -8.08. The highest BCUT2D eigenvalue weighted by atomic mass is 15.0. The maximum absolute atomic E-state index is 5.30. The summed E-state index contributed by atoms with van der Waals surface area (Å²) in [5, 5.41) is 5.94. The third kappa shape index (κ3) is 6.66. The lowest BCUT2D eigenvalue weighted by Crippen LogP contribution is -2.00. The van der Waals surface area contributed by atoms with Gasteiger partial charge in [0.25, 0.3) is 0 Å². The van der Waals surface area contributed by atoms with Crippen molar-refractivity contribution < 1.29 is 0 Å². The first kappa shape index (κ1) is 35.1. The first-order valence-corrected chi connectivity index (χ1v) is 20.2. The molecule has 11 aromatic rings. The van der Waals surface area contributed by atoms with Crippen molar-refractivity contribution in [1.82, 2.24) is 19.9 Å². The molecule has 0 bridgehead atoms. The maximum atomic E-state index is 5.30. The number of nitrogens with zero attached hydrogens (tertiary/aromatic N) is 4. The Balaban J connectivity index is 0.922. The van der Waals surface area contributed by atoms with Crippen LogP contribution in [0.1, 0.15) is 0 Å². The molecule has 0 radical (unpaired) electrons. The normalized spacial score (nSPS) is 11.3. The number of pyridine rings is 1. The number of hydrogen-bond acceptors (Lipinski definition) is 4. The van der Waals surface area contributed by atoms with Gasteiger partial charge < -0.3 is 0 Å². The summed E-state index contributed by atoms with van der Waals surface area (Å²) in [6, 6.07) is 76.5. The Kier molecular flexibility index (Phi) is 8.79. The van der Waals surface area contributed by atoms with Crippen molar-refractivity contribution >= 4 is 32.4 Å². The number of fused-ring (bicyclic) bond motifs is 4. The van der Waals surface area contributed by atoms with Gasteiger partial charge in [0, 0.05) is 33.0 Å². The molecular formula is C56H36N4. The van der Waals surface area contributed by atoms with E-state index in [0.29, 0.717) is 17.5 Å². The van der Waals surface area contributed by atoms with E-state index in [4.69, 9.17) is 19.9 Å². The van der Waals surface area contributed by atoms with Gasteiger partial charge in [-0.15, -0.1) is 0 Å². The average molecular weight is 765 g/mol. The van der Waals surface area contributed by atoms with Gasteiger partial charge in [-0.3, -0.25) is 0 Å². The van der Waals surface area contributed by atoms with Crippen LogP contribution in [-0.2, 0) is 0 Å². The van der Waals surface area contributed by atoms with E-state index in [1.807, 2.05) is 36.4 Å². The molecule has 0 aliphatic heterocycles. The van der Waals surface area contributed by atoms with Crippen LogP contribution in [-0.4, -0.2) is 19.9 Å². The van der Waals surface area contributed by atoms with E-state index in [2.05, 4.69) is 182 Å². The predicted molar refractivity (Wildman–Crippen MR) is 248 cm³/mol. The maximum Gasteiger partial charge on any atom is 0.164 e. The van der Waals surface area contributed by atoms with E-state index in [9.17, 15) is 0 Å². The fourth-order valence-corrected chi connectivity index (χ4v) is 8.19. The Bertz CT molecular complexity index is 3340. The van der Waals surface area contributed by atoms with Crippen molar-refractivity contribution in [3.63, 3.8) is 0 Å². The van der Waals surface area contributed by atoms with E-state index >= 15 is 0 Å². The lowest BCUT2D eigenvalue weighted by atomic mass is 9.95. The molecule has 2 aromatic heterocycles. The summed E-state index contributed by atoms with van der Waals surface area (Å²) in [4.78, 5) is 20.2. The van der Waals surface area contributed by atoms with Gasteiger partial charge in [-0.05, 0) is 73.8 Å². The van der Waals surface area contributed by atoms with Crippen LogP contribution >= 0.6 is 0 Å². The van der Waals surface area contributed by atoms with E-state index in [0.717, 1.165) is 66.7 Å². The lowest BCUT2D eigenvalue weighted by Gasteiger charge is -2.13. The molecule has 0 amide bonds. The lowest BCUT2D eigenvalue weighted by molar-refractivity contribution is 1.07. The van der Waals surface area contributed by atoms with Crippen LogP contribution in [0.25, 0.3) is 111 Å². The highest BCUT2D eigenvalue weighted by Gasteiger charge is 2.15. The molecule has 0 unspecified atom stereocenters. The fourth-order valence-electron chi connectivity index (χ4n) is 8.19. The van der Waals surface area contributed by atoms with E-state index in [1.54, 1.807) is 0 Å². The number of rotatable bonds is 7. The molecule has 9 aromatic carbocycles. The Morgan fingerprint density at radius 3 is 1.20 bits per heavy atom. The molecule has 0 saturated heterocycles. The van der Waals surface area contributed by atoms with Gasteiger partial charge in [0.1, 0.15) is 0 Å². The summed E-state index contributed by atoms with van der Waals surface area (Å²) < 4.78 is 0. The van der Waals surface area contributed by atoms with Crippen LogP contribution in [0.15, 0.2) is 218 Å². The monoisotopic (exact) mass is 764 g/mol. The van der Waals surface area contributed by atoms with Crippen LogP contribution in [0.4, 0.5) is 0 Å². The molecular weight excluding hydrogens is 729 g/mol. The van der Waals surface area contributed by atoms with E-state index in [1.165, 1.54) is 27.1 Å².